The number of ether oxygens (including phenoxy) is 1. The minimum Gasteiger partial charge on any atom is -0.465 e. The average molecular weight is 326 g/mol. The molecule has 0 aliphatic carbocycles. The molecule has 1 aliphatic heterocycles. The van der Waals surface area contributed by atoms with Gasteiger partial charge in [-0.25, -0.2) is 16.7 Å². The Morgan fingerprint density at radius 3 is 3.00 bits per heavy atom. The van der Waals surface area contributed by atoms with E-state index in [1.165, 1.54) is 7.11 Å². The molecule has 1 aromatic carbocycles. The van der Waals surface area contributed by atoms with Crippen LogP contribution in [0.5, 0.6) is 0 Å². The maximum Gasteiger partial charge on any atom is 0.340 e. The summed E-state index contributed by atoms with van der Waals surface area (Å²) < 4.78 is 37.3. The highest BCUT2D eigenvalue weighted by Crippen LogP contribution is 2.42. The summed E-state index contributed by atoms with van der Waals surface area (Å²) in [6.07, 6.45) is 0. The van der Waals surface area contributed by atoms with E-state index >= 15 is 0 Å². The molecule has 0 radical (unpaired) electrons. The van der Waals surface area contributed by atoms with E-state index in [2.05, 4.69) is 11.4 Å². The Hall–Kier alpha value is -1.12. The third kappa shape index (κ3) is 1.60. The first kappa shape index (κ1) is 10.4. The van der Waals surface area contributed by atoms with E-state index in [0.717, 1.165) is 6.07 Å². The first-order valence-corrected chi connectivity index (χ1v) is 5.90. The zero-order valence-electron chi connectivity index (χ0n) is 7.47. The molecule has 7 heteroatoms. The lowest BCUT2D eigenvalue weighted by atomic mass is 10.1. The number of methoxy groups -OCH3 is 1. The van der Waals surface area contributed by atoms with Crippen LogP contribution >= 0.6 is 21.3 Å². The molecule has 0 saturated heterocycles. The normalized spacial score (nSPS) is 12.7. The maximum absolute atomic E-state index is 13.2. The molecular weight excluding hydrogens is 321 g/mol. The van der Waals surface area contributed by atoms with Gasteiger partial charge in [0.05, 0.1) is 18.4 Å². The topological polar surface area (TPSA) is 50.7 Å². The van der Waals surface area contributed by atoms with E-state index in [0.29, 0.717) is 0 Å². The summed E-state index contributed by atoms with van der Waals surface area (Å²) in [5.74, 6) is -2.83. The summed E-state index contributed by atoms with van der Waals surface area (Å²) in [5, 5.41) is 0. The van der Waals surface area contributed by atoms with Crippen molar-refractivity contribution in [3.05, 3.63) is 23.3 Å². The number of rotatable bonds is 1. The molecule has 2 rings (SSSR count). The van der Waals surface area contributed by atoms with Gasteiger partial charge in [0.15, 0.2) is 11.6 Å². The zero-order chi connectivity index (χ0) is 11.0. The van der Waals surface area contributed by atoms with Crippen molar-refractivity contribution in [2.24, 2.45) is 3.15 Å². The Balaban J connectivity index is 2.65. The Morgan fingerprint density at radius 1 is 1.60 bits per heavy atom. The molecule has 0 unspecified atom stereocenters. The number of carbonyl (C=O) groups excluding carboxylic acids is 1. The molecule has 0 spiro atoms. The van der Waals surface area contributed by atoms with E-state index < -0.39 is 38.9 Å². The fourth-order valence-corrected chi connectivity index (χ4v) is 2.77. The van der Waals surface area contributed by atoms with Crippen molar-refractivity contribution in [2.75, 3.05) is 10.6 Å². The van der Waals surface area contributed by atoms with Crippen LogP contribution in [0.3, 0.4) is 0 Å². The highest BCUT2D eigenvalue weighted by molar-refractivity contribution is 14.2. The first-order valence-electron chi connectivity index (χ1n) is 3.85. The Labute approximate surface area is 94.1 Å². The molecule has 1 heterocycles. The highest BCUT2D eigenvalue weighted by Gasteiger charge is 2.24. The molecule has 80 valence electrons. The SMILES string of the molecule is COC(=O)c1cc(F)c(F)c2c1NI=N2. The second-order valence-electron chi connectivity index (χ2n) is 2.70. The highest BCUT2D eigenvalue weighted by atomic mass is 127. The van der Waals surface area contributed by atoms with Crippen molar-refractivity contribution >= 4 is 38.7 Å². The molecule has 0 fully saturated rings. The van der Waals surface area contributed by atoms with E-state index in [9.17, 15) is 13.6 Å². The van der Waals surface area contributed by atoms with Crippen LogP contribution in [0, 0.1) is 11.6 Å². The number of nitrogens with one attached hydrogen (secondary N) is 1. The van der Waals surface area contributed by atoms with Gasteiger partial charge in [-0.1, -0.05) is 0 Å². The number of hydrogen-bond acceptors (Lipinski definition) is 4. The number of esters is 1. The van der Waals surface area contributed by atoms with Crippen LogP contribution in [0.1, 0.15) is 10.4 Å². The molecule has 0 bridgehead atoms. The summed E-state index contributed by atoms with van der Waals surface area (Å²) in [4.78, 5) is 11.3. The molecule has 4 nitrogen and oxygen atoms in total. The van der Waals surface area contributed by atoms with Crippen LogP contribution in [0.4, 0.5) is 20.2 Å². The Kier molecular flexibility index (Phi) is 2.63. The van der Waals surface area contributed by atoms with Gasteiger partial charge in [-0.2, -0.15) is 0 Å². The van der Waals surface area contributed by atoms with Gasteiger partial charge in [-0.3, -0.25) is 0 Å². The van der Waals surface area contributed by atoms with Gasteiger partial charge in [-0.15, -0.1) is 0 Å². The second kappa shape index (κ2) is 3.80. The van der Waals surface area contributed by atoms with Crippen molar-refractivity contribution < 1.29 is 18.3 Å². The maximum atomic E-state index is 13.2. The molecule has 15 heavy (non-hydrogen) atoms. The monoisotopic (exact) mass is 326 g/mol. The van der Waals surface area contributed by atoms with Gasteiger partial charge in [0.2, 0.25) is 0 Å². The van der Waals surface area contributed by atoms with Crippen molar-refractivity contribution in [1.82, 2.24) is 0 Å². The Bertz CT molecular complexity index is 476. The number of carbonyl (C=O) groups is 1. The molecular formula is C8H5F2IN2O2. The fraction of sp³-hybridized carbons (Fsp3) is 0.125. The summed E-state index contributed by atoms with van der Waals surface area (Å²) in [6, 6.07) is 0.817. The summed E-state index contributed by atoms with van der Waals surface area (Å²) in [5.41, 5.74) is 0.101. The molecule has 1 aliphatic rings. The molecule has 0 atom stereocenters. The lowest BCUT2D eigenvalue weighted by molar-refractivity contribution is 0.0601. The van der Waals surface area contributed by atoms with Crippen molar-refractivity contribution in [2.45, 2.75) is 0 Å². The molecule has 0 amide bonds. The van der Waals surface area contributed by atoms with Crippen LogP contribution in [0.15, 0.2) is 9.21 Å². The summed E-state index contributed by atoms with van der Waals surface area (Å²) >= 11 is -0.804. The Morgan fingerprint density at radius 2 is 2.33 bits per heavy atom. The smallest absolute Gasteiger partial charge is 0.340 e. The minimum atomic E-state index is -1.09. The number of fused-ring (bicyclic) bond motifs is 1. The third-order valence-corrected chi connectivity index (χ3v) is 3.37. The van der Waals surface area contributed by atoms with E-state index in [1.54, 1.807) is 0 Å². The van der Waals surface area contributed by atoms with E-state index in [4.69, 9.17) is 0 Å². The van der Waals surface area contributed by atoms with E-state index in [-0.39, 0.29) is 16.9 Å². The number of benzene rings is 1. The van der Waals surface area contributed by atoms with Gasteiger partial charge < -0.3 is 8.27 Å². The van der Waals surface area contributed by atoms with Gasteiger partial charge >= 0.3 is 5.97 Å². The van der Waals surface area contributed by atoms with Crippen LogP contribution in [0.25, 0.3) is 0 Å². The lowest BCUT2D eigenvalue weighted by Crippen LogP contribution is -2.05. The van der Waals surface area contributed by atoms with Crippen LogP contribution in [-0.2, 0) is 4.74 Å². The predicted molar refractivity (Wildman–Crippen MR) is 57.4 cm³/mol. The standard InChI is InChI=1S/C8H5F2IN2O2/c1-15-8(14)3-2-4(9)5(10)7-6(3)12-11-13-7/h2H,1H3,(H,12,13). The summed E-state index contributed by atoms with van der Waals surface area (Å²) in [6.45, 7) is 0. The third-order valence-electron chi connectivity index (χ3n) is 1.86. The minimum absolute atomic E-state index is 0.0210. The van der Waals surface area contributed by atoms with Crippen molar-refractivity contribution in [1.29, 1.82) is 0 Å². The van der Waals surface area contributed by atoms with Crippen LogP contribution in [-0.4, -0.2) is 13.1 Å². The quantitative estimate of drug-likeness (QED) is 0.490. The zero-order valence-corrected chi connectivity index (χ0v) is 9.63. The molecule has 1 aromatic rings. The van der Waals surface area contributed by atoms with Gasteiger partial charge in [0.1, 0.15) is 27.0 Å². The first-order chi connectivity index (χ1) is 7.15. The number of anilines is 1. The van der Waals surface area contributed by atoms with Gasteiger partial charge in [0, 0.05) is 0 Å². The number of hydrogen-bond donors (Lipinski definition) is 1. The van der Waals surface area contributed by atoms with Crippen molar-refractivity contribution in [3.63, 3.8) is 0 Å². The fourth-order valence-electron chi connectivity index (χ4n) is 1.16. The summed E-state index contributed by atoms with van der Waals surface area (Å²) in [7, 11) is 1.18. The largest absolute Gasteiger partial charge is 0.465 e. The second-order valence-corrected chi connectivity index (χ2v) is 4.20. The lowest BCUT2D eigenvalue weighted by Gasteiger charge is -2.06. The number of nitrogens with zero attached hydrogens (tertiary/aromatic N) is 1. The number of halogens is 3. The average Bonchev–Trinajstić information content (AvgIpc) is 2.71. The van der Waals surface area contributed by atoms with Crippen LogP contribution < -0.4 is 3.53 Å². The van der Waals surface area contributed by atoms with Gasteiger partial charge in [0.25, 0.3) is 0 Å². The van der Waals surface area contributed by atoms with E-state index in [1.807, 2.05) is 0 Å². The molecule has 0 saturated carbocycles. The van der Waals surface area contributed by atoms with Crippen LogP contribution in [0.2, 0.25) is 0 Å². The molecule has 1 N–H and O–H groups in total. The van der Waals surface area contributed by atoms with Gasteiger partial charge in [-0.05, 0) is 6.07 Å². The predicted octanol–water partition coefficient (Wildman–Crippen LogP) is 2.88. The van der Waals surface area contributed by atoms with Crippen molar-refractivity contribution in [3.8, 4) is 0 Å². The molecule has 0 aromatic heterocycles.